The number of fused-ring (bicyclic) bond motifs is 1. The molecule has 0 spiro atoms. The van der Waals surface area contributed by atoms with E-state index in [0.717, 1.165) is 71.5 Å². The Labute approximate surface area is 223 Å². The third-order valence-electron chi connectivity index (χ3n) is 5.58. The average molecular weight is 533 g/mol. The van der Waals surface area contributed by atoms with Crippen molar-refractivity contribution in [2.75, 3.05) is 30.5 Å². The first-order chi connectivity index (χ1) is 17.0. The summed E-state index contributed by atoms with van der Waals surface area (Å²) < 4.78 is 17.1. The quantitative estimate of drug-likeness (QED) is 0.0921. The van der Waals surface area contributed by atoms with E-state index < -0.39 is 0 Å². The molecule has 2 aromatic rings. The maximum absolute atomic E-state index is 11.5. The van der Waals surface area contributed by atoms with Crippen molar-refractivity contribution in [2.24, 2.45) is 0 Å². The molecule has 0 aliphatic carbocycles. The van der Waals surface area contributed by atoms with Crippen molar-refractivity contribution >= 4 is 41.3 Å². The van der Waals surface area contributed by atoms with Crippen molar-refractivity contribution in [3.8, 4) is 17.6 Å². The predicted molar refractivity (Wildman–Crippen MR) is 150 cm³/mol. The molecule has 1 aliphatic heterocycles. The topological polar surface area (TPSA) is 48.7 Å². The molecule has 0 bridgehead atoms. The minimum Gasteiger partial charge on any atom is -0.493 e. The van der Waals surface area contributed by atoms with Crippen molar-refractivity contribution in [1.82, 2.24) is 0 Å². The van der Waals surface area contributed by atoms with Gasteiger partial charge < -0.3 is 13.9 Å². The lowest BCUT2D eigenvalue weighted by molar-refractivity contribution is -0.143. The molecule has 0 unspecified atom stereocenters. The van der Waals surface area contributed by atoms with E-state index in [0.29, 0.717) is 18.8 Å². The fourth-order valence-corrected chi connectivity index (χ4v) is 7.92. The monoisotopic (exact) mass is 532 g/mol. The second kappa shape index (κ2) is 14.2. The van der Waals surface area contributed by atoms with Crippen LogP contribution in [0.3, 0.4) is 0 Å². The molecule has 1 aliphatic rings. The van der Waals surface area contributed by atoms with Crippen molar-refractivity contribution < 1.29 is 18.7 Å². The second-order valence-electron chi connectivity index (χ2n) is 8.02. The van der Waals surface area contributed by atoms with Gasteiger partial charge >= 0.3 is 5.97 Å². The van der Waals surface area contributed by atoms with Crippen molar-refractivity contribution in [1.29, 1.82) is 0 Å². The third-order valence-corrected chi connectivity index (χ3v) is 9.58. The summed E-state index contributed by atoms with van der Waals surface area (Å²) in [6.07, 6.45) is 3.92. The van der Waals surface area contributed by atoms with Gasteiger partial charge in [0.2, 0.25) is 0 Å². The summed E-state index contributed by atoms with van der Waals surface area (Å²) in [6.45, 7) is 9.63. The Kier molecular flexibility index (Phi) is 11.3. The van der Waals surface area contributed by atoms with Crippen LogP contribution >= 0.6 is 35.3 Å². The van der Waals surface area contributed by atoms with Gasteiger partial charge in [-0.05, 0) is 67.2 Å². The minimum absolute atomic E-state index is 0.0182. The van der Waals surface area contributed by atoms with Crippen LogP contribution in [0.2, 0.25) is 0 Å². The summed E-state index contributed by atoms with van der Waals surface area (Å²) in [4.78, 5) is 12.6. The van der Waals surface area contributed by atoms with Gasteiger partial charge in [0.25, 0.3) is 0 Å². The molecule has 0 atom stereocenters. The van der Waals surface area contributed by atoms with Crippen molar-refractivity contribution in [3.05, 3.63) is 46.9 Å². The number of benzene rings is 1. The van der Waals surface area contributed by atoms with E-state index in [-0.39, 0.29) is 10.0 Å². The molecule has 1 aromatic carbocycles. The maximum atomic E-state index is 11.5. The number of carbonyl (C=O) groups excluding carboxylic acids is 1. The Hall–Kier alpha value is -1.62. The summed E-state index contributed by atoms with van der Waals surface area (Å²) in [7, 11) is 0. The highest BCUT2D eigenvalue weighted by Gasteiger charge is 2.38. The van der Waals surface area contributed by atoms with E-state index in [9.17, 15) is 4.79 Å². The lowest BCUT2D eigenvalue weighted by Crippen LogP contribution is -2.27. The molecule has 35 heavy (non-hydrogen) atoms. The van der Waals surface area contributed by atoms with Gasteiger partial charge in [0.1, 0.15) is 11.5 Å². The smallest absolute Gasteiger partial charge is 0.305 e. The number of unbranched alkanes of at least 4 members (excludes halogenated alkanes) is 1. The van der Waals surface area contributed by atoms with Crippen LogP contribution in [0.15, 0.2) is 33.6 Å². The Morgan fingerprint density at radius 3 is 2.57 bits per heavy atom. The molecule has 4 nitrogen and oxygen atoms in total. The molecule has 0 amide bonds. The summed E-state index contributed by atoms with van der Waals surface area (Å²) >= 11 is 5.81. The number of rotatable bonds is 12. The first-order valence-electron chi connectivity index (χ1n) is 12.5. The number of aryl methyl sites for hydroxylation is 1. The van der Waals surface area contributed by atoms with Gasteiger partial charge in [0.15, 0.2) is 5.76 Å². The van der Waals surface area contributed by atoms with Gasteiger partial charge in [0, 0.05) is 35.3 Å². The summed E-state index contributed by atoms with van der Waals surface area (Å²) in [6, 6.07) is 8.36. The lowest BCUT2D eigenvalue weighted by atomic mass is 10.0. The fourth-order valence-electron chi connectivity index (χ4n) is 4.10. The van der Waals surface area contributed by atoms with E-state index >= 15 is 0 Å². The van der Waals surface area contributed by atoms with E-state index in [1.54, 1.807) is 11.8 Å². The molecular weight excluding hydrogens is 497 g/mol. The number of furan rings is 1. The highest BCUT2D eigenvalue weighted by Crippen LogP contribution is 2.55. The zero-order valence-electron chi connectivity index (χ0n) is 21.2. The molecule has 7 heteroatoms. The predicted octanol–water partition coefficient (Wildman–Crippen LogP) is 7.51. The summed E-state index contributed by atoms with van der Waals surface area (Å²) in [5.41, 5.74) is 2.29. The summed E-state index contributed by atoms with van der Waals surface area (Å²) in [5.74, 6) is 12.2. The number of esters is 1. The first-order valence-corrected chi connectivity index (χ1v) is 15.5. The molecule has 0 saturated carbocycles. The van der Waals surface area contributed by atoms with Gasteiger partial charge in [-0.3, -0.25) is 4.79 Å². The SMILES string of the molecule is CCOC(=O)CCCCc1ccc(C#Cc2cc3c(cc2SCC)OCCC3(SCC)SCC)o1. The van der Waals surface area contributed by atoms with Crippen LogP contribution in [0, 0.1) is 11.8 Å². The number of ether oxygens (including phenoxy) is 2. The van der Waals surface area contributed by atoms with Crippen molar-refractivity contribution in [2.45, 2.75) is 68.8 Å². The van der Waals surface area contributed by atoms with Gasteiger partial charge in [0.05, 0.1) is 17.3 Å². The van der Waals surface area contributed by atoms with Crippen molar-refractivity contribution in [3.63, 3.8) is 0 Å². The van der Waals surface area contributed by atoms with Gasteiger partial charge in [-0.15, -0.1) is 35.3 Å². The van der Waals surface area contributed by atoms with Crippen LogP contribution in [0.25, 0.3) is 0 Å². The molecule has 3 rings (SSSR count). The molecule has 0 fully saturated rings. The van der Waals surface area contributed by atoms with Gasteiger partial charge in [-0.2, -0.15) is 0 Å². The molecule has 0 saturated heterocycles. The number of hydrogen-bond acceptors (Lipinski definition) is 7. The van der Waals surface area contributed by atoms with Crippen LogP contribution < -0.4 is 4.74 Å². The highest BCUT2D eigenvalue weighted by atomic mass is 32.2. The standard InChI is InChI=1S/C28H36O4S3/c1-5-30-27(29)12-10-9-11-22-15-16-23(32-22)14-13-21-19-24-25(20-26(21)33-6-2)31-18-17-28(24,34-7-3)35-8-4/h15-16,19-20H,5-12,17-18H2,1-4H3. The lowest BCUT2D eigenvalue weighted by Gasteiger charge is -2.38. The van der Waals surface area contributed by atoms with Gasteiger partial charge in [-0.25, -0.2) is 0 Å². The Morgan fingerprint density at radius 2 is 1.86 bits per heavy atom. The Bertz CT molecular complexity index is 1030. The van der Waals surface area contributed by atoms with Gasteiger partial charge in [-0.1, -0.05) is 26.7 Å². The molecule has 1 aromatic heterocycles. The Balaban J connectivity index is 1.78. The zero-order valence-corrected chi connectivity index (χ0v) is 23.7. The van der Waals surface area contributed by atoms with Crippen LogP contribution in [0.1, 0.15) is 76.0 Å². The number of carbonyl (C=O) groups is 1. The van der Waals surface area contributed by atoms with Crippen LogP contribution in [0.4, 0.5) is 0 Å². The van der Waals surface area contributed by atoms with E-state index in [1.165, 1.54) is 5.56 Å². The first kappa shape index (κ1) is 28.0. The maximum Gasteiger partial charge on any atom is 0.305 e. The molecule has 0 N–H and O–H groups in total. The van der Waals surface area contributed by atoms with E-state index in [4.69, 9.17) is 13.9 Å². The Morgan fingerprint density at radius 1 is 1.06 bits per heavy atom. The molecule has 190 valence electrons. The largest absolute Gasteiger partial charge is 0.493 e. The third kappa shape index (κ3) is 7.68. The molecule has 2 heterocycles. The molecular formula is C28H36O4S3. The average Bonchev–Trinajstić information content (AvgIpc) is 3.29. The highest BCUT2D eigenvalue weighted by molar-refractivity contribution is 8.17. The van der Waals surface area contributed by atoms with Crippen LogP contribution in [-0.4, -0.2) is 36.4 Å². The fraction of sp³-hybridized carbons (Fsp3) is 0.536. The normalized spacial score (nSPS) is 13.9. The molecule has 0 radical (unpaired) electrons. The number of thioether (sulfide) groups is 3. The minimum atomic E-state index is -0.131. The van der Waals surface area contributed by atoms with Crippen LogP contribution in [0.5, 0.6) is 5.75 Å². The van der Waals surface area contributed by atoms with Crippen LogP contribution in [-0.2, 0) is 20.0 Å². The van der Waals surface area contributed by atoms with E-state index in [1.807, 2.05) is 42.6 Å². The number of hydrogen-bond donors (Lipinski definition) is 0. The summed E-state index contributed by atoms with van der Waals surface area (Å²) in [5, 5.41) is 0. The zero-order chi connectivity index (χ0) is 25.1. The van der Waals surface area contributed by atoms with E-state index in [2.05, 4.69) is 44.7 Å². The second-order valence-corrected chi connectivity index (χ2v) is 12.7.